The van der Waals surface area contributed by atoms with Crippen molar-refractivity contribution < 1.29 is 0 Å². The van der Waals surface area contributed by atoms with Gasteiger partial charge in [-0.3, -0.25) is 0 Å². The van der Waals surface area contributed by atoms with Crippen LogP contribution in [0.4, 0.5) is 0 Å². The van der Waals surface area contributed by atoms with Crippen molar-refractivity contribution in [2.24, 2.45) is 34.5 Å². The van der Waals surface area contributed by atoms with Gasteiger partial charge in [-0.25, -0.2) is 0 Å². The molecule has 0 bridgehead atoms. The van der Waals surface area contributed by atoms with Gasteiger partial charge in [0, 0.05) is 0 Å². The average molecular weight is 248 g/mol. The molecule has 0 saturated heterocycles. The van der Waals surface area contributed by atoms with E-state index in [0.29, 0.717) is 10.8 Å². The Hall–Kier alpha value is -0.260. The lowest BCUT2D eigenvalue weighted by molar-refractivity contribution is -0.0270. The summed E-state index contributed by atoms with van der Waals surface area (Å²) in [5.41, 5.74) is 1.10. The van der Waals surface area contributed by atoms with Crippen LogP contribution >= 0.6 is 0 Å². The van der Waals surface area contributed by atoms with Crippen LogP contribution < -0.4 is 0 Å². The lowest BCUT2D eigenvalue weighted by Crippen LogP contribution is -2.44. The average Bonchev–Trinajstić information content (AvgIpc) is 2.45. The molecule has 0 aromatic heterocycles. The van der Waals surface area contributed by atoms with Crippen molar-refractivity contribution >= 4 is 0 Å². The summed E-state index contributed by atoms with van der Waals surface area (Å²) in [6, 6.07) is 0. The molecule has 0 heterocycles. The summed E-state index contributed by atoms with van der Waals surface area (Å²) in [6.45, 7) is 16.6. The van der Waals surface area contributed by atoms with Gasteiger partial charge < -0.3 is 0 Å². The van der Waals surface area contributed by atoms with Crippen LogP contribution in [0.15, 0.2) is 12.7 Å². The van der Waals surface area contributed by atoms with Crippen LogP contribution in [0.2, 0.25) is 0 Å². The fourth-order valence-corrected chi connectivity index (χ4v) is 4.76. The molecule has 0 spiro atoms. The standard InChI is InChI=1S/C18H32/c1-7-14-8-9-15-16(12-13(14)2)18(5,6)11-10-17(15,3)4/h7,13-16H,1,8-12H2,2-6H3. The second kappa shape index (κ2) is 4.69. The van der Waals surface area contributed by atoms with E-state index in [-0.39, 0.29) is 0 Å². The topological polar surface area (TPSA) is 0 Å². The van der Waals surface area contributed by atoms with E-state index in [1.165, 1.54) is 32.1 Å². The van der Waals surface area contributed by atoms with E-state index >= 15 is 0 Å². The van der Waals surface area contributed by atoms with E-state index < -0.39 is 0 Å². The minimum absolute atomic E-state index is 0.546. The maximum absolute atomic E-state index is 4.07. The van der Waals surface area contributed by atoms with Crippen LogP contribution in [0, 0.1) is 34.5 Å². The van der Waals surface area contributed by atoms with Crippen molar-refractivity contribution in [2.45, 2.75) is 66.7 Å². The van der Waals surface area contributed by atoms with Crippen LogP contribution in [0.1, 0.15) is 66.7 Å². The number of hydrogen-bond acceptors (Lipinski definition) is 0. The highest BCUT2D eigenvalue weighted by Crippen LogP contribution is 2.58. The summed E-state index contributed by atoms with van der Waals surface area (Å²) in [4.78, 5) is 0. The number of hydrogen-bond donors (Lipinski definition) is 0. The summed E-state index contributed by atoms with van der Waals surface area (Å²) in [5.74, 6) is 3.42. The van der Waals surface area contributed by atoms with E-state index in [0.717, 1.165) is 23.7 Å². The first-order valence-corrected chi connectivity index (χ1v) is 7.90. The van der Waals surface area contributed by atoms with Crippen molar-refractivity contribution in [1.29, 1.82) is 0 Å². The van der Waals surface area contributed by atoms with Gasteiger partial charge in [-0.1, -0.05) is 40.7 Å². The van der Waals surface area contributed by atoms with Crippen LogP contribution in [-0.2, 0) is 0 Å². The van der Waals surface area contributed by atoms with E-state index in [4.69, 9.17) is 0 Å². The highest BCUT2D eigenvalue weighted by molar-refractivity contribution is 5.00. The van der Waals surface area contributed by atoms with E-state index in [1.54, 1.807) is 0 Å². The van der Waals surface area contributed by atoms with Gasteiger partial charge in [0.15, 0.2) is 0 Å². The summed E-state index contributed by atoms with van der Waals surface area (Å²) in [6.07, 6.45) is 9.24. The molecule has 0 radical (unpaired) electrons. The molecule has 0 amide bonds. The van der Waals surface area contributed by atoms with Crippen molar-refractivity contribution in [3.05, 3.63) is 12.7 Å². The molecule has 104 valence electrons. The van der Waals surface area contributed by atoms with Crippen LogP contribution in [0.5, 0.6) is 0 Å². The number of rotatable bonds is 1. The molecule has 2 fully saturated rings. The predicted octanol–water partition coefficient (Wildman–Crippen LogP) is 5.69. The monoisotopic (exact) mass is 248 g/mol. The maximum Gasteiger partial charge on any atom is -0.0210 e. The summed E-state index contributed by atoms with van der Waals surface area (Å²) in [5, 5.41) is 0. The van der Waals surface area contributed by atoms with Gasteiger partial charge in [0.2, 0.25) is 0 Å². The van der Waals surface area contributed by atoms with Gasteiger partial charge in [-0.2, -0.15) is 0 Å². The molecule has 0 N–H and O–H groups in total. The zero-order valence-corrected chi connectivity index (χ0v) is 13.1. The lowest BCUT2D eigenvalue weighted by atomic mass is 9.53. The van der Waals surface area contributed by atoms with Crippen LogP contribution in [0.3, 0.4) is 0 Å². The van der Waals surface area contributed by atoms with Gasteiger partial charge >= 0.3 is 0 Å². The Morgan fingerprint density at radius 3 is 2.06 bits per heavy atom. The van der Waals surface area contributed by atoms with Crippen molar-refractivity contribution in [3.8, 4) is 0 Å². The molecule has 4 atom stereocenters. The molecular weight excluding hydrogens is 216 g/mol. The SMILES string of the molecule is C=CC1CCC2C(CC1C)C(C)(C)CCC2(C)C. The Balaban J connectivity index is 2.29. The number of fused-ring (bicyclic) bond motifs is 1. The minimum atomic E-state index is 0.546. The first-order valence-electron chi connectivity index (χ1n) is 7.90. The number of allylic oxidation sites excluding steroid dienone is 1. The zero-order valence-electron chi connectivity index (χ0n) is 13.1. The van der Waals surface area contributed by atoms with Crippen LogP contribution in [0.25, 0.3) is 0 Å². The van der Waals surface area contributed by atoms with Gasteiger partial charge in [-0.15, -0.1) is 6.58 Å². The van der Waals surface area contributed by atoms with Gasteiger partial charge in [-0.05, 0) is 66.6 Å². The molecule has 0 aromatic rings. The Labute approximate surface area is 114 Å². The lowest BCUT2D eigenvalue weighted by Gasteiger charge is -2.52. The summed E-state index contributed by atoms with van der Waals surface area (Å²) in [7, 11) is 0. The molecule has 2 aliphatic carbocycles. The van der Waals surface area contributed by atoms with E-state index in [9.17, 15) is 0 Å². The second-order valence-electron chi connectivity index (χ2n) is 8.38. The minimum Gasteiger partial charge on any atom is -0.103 e. The first-order chi connectivity index (χ1) is 8.28. The molecule has 2 rings (SSSR count). The Morgan fingerprint density at radius 2 is 1.50 bits per heavy atom. The fourth-order valence-electron chi connectivity index (χ4n) is 4.76. The molecule has 2 saturated carbocycles. The van der Waals surface area contributed by atoms with Gasteiger partial charge in [0.1, 0.15) is 0 Å². The van der Waals surface area contributed by atoms with E-state index in [2.05, 4.69) is 47.3 Å². The molecular formula is C18H32. The Kier molecular flexibility index (Phi) is 3.69. The first kappa shape index (κ1) is 14.2. The largest absolute Gasteiger partial charge is 0.103 e. The Bertz CT molecular complexity index is 310. The molecule has 2 aliphatic rings. The predicted molar refractivity (Wildman–Crippen MR) is 80.5 cm³/mol. The third kappa shape index (κ3) is 2.40. The fraction of sp³-hybridized carbons (Fsp3) is 0.889. The zero-order chi connectivity index (χ0) is 13.6. The molecule has 4 unspecified atom stereocenters. The molecule has 0 nitrogen and oxygen atoms in total. The molecule has 0 heteroatoms. The quantitative estimate of drug-likeness (QED) is 0.523. The van der Waals surface area contributed by atoms with Crippen molar-refractivity contribution in [3.63, 3.8) is 0 Å². The van der Waals surface area contributed by atoms with Gasteiger partial charge in [0.05, 0.1) is 0 Å². The second-order valence-corrected chi connectivity index (χ2v) is 8.38. The maximum atomic E-state index is 4.07. The van der Waals surface area contributed by atoms with Crippen LogP contribution in [-0.4, -0.2) is 0 Å². The van der Waals surface area contributed by atoms with Crippen molar-refractivity contribution in [2.75, 3.05) is 0 Å². The highest BCUT2D eigenvalue weighted by atomic mass is 14.5. The third-order valence-corrected chi connectivity index (χ3v) is 6.38. The summed E-state index contributed by atoms with van der Waals surface area (Å²) < 4.78 is 0. The molecule has 0 aliphatic heterocycles. The normalized spacial score (nSPS) is 42.7. The molecule has 18 heavy (non-hydrogen) atoms. The van der Waals surface area contributed by atoms with Gasteiger partial charge in [0.25, 0.3) is 0 Å². The smallest absolute Gasteiger partial charge is 0.0210 e. The third-order valence-electron chi connectivity index (χ3n) is 6.38. The summed E-state index contributed by atoms with van der Waals surface area (Å²) >= 11 is 0. The molecule has 0 aromatic carbocycles. The Morgan fingerprint density at radius 1 is 0.944 bits per heavy atom. The van der Waals surface area contributed by atoms with E-state index in [1.807, 2.05) is 0 Å². The van der Waals surface area contributed by atoms with Crippen molar-refractivity contribution in [1.82, 2.24) is 0 Å². The highest BCUT2D eigenvalue weighted by Gasteiger charge is 2.49.